The van der Waals surface area contributed by atoms with Crippen LogP contribution in [0.2, 0.25) is 0 Å². The van der Waals surface area contributed by atoms with Crippen LogP contribution < -0.4 is 10.0 Å². The molecule has 35 heavy (non-hydrogen) atoms. The Morgan fingerprint density at radius 3 is 2.51 bits per heavy atom. The number of benzene rings is 1. The van der Waals surface area contributed by atoms with Crippen molar-refractivity contribution in [3.63, 3.8) is 0 Å². The number of rotatable bonds is 8. The van der Waals surface area contributed by atoms with E-state index in [-0.39, 0.29) is 41.6 Å². The molecule has 3 aliphatic rings. The number of aromatic nitrogens is 2. The molecule has 0 bridgehead atoms. The number of nitrogens with one attached hydrogen (secondary N) is 2. The van der Waals surface area contributed by atoms with Gasteiger partial charge in [-0.3, -0.25) is 29.4 Å². The van der Waals surface area contributed by atoms with Crippen LogP contribution in [0.5, 0.6) is 0 Å². The molecule has 1 unspecified atom stereocenters. The summed E-state index contributed by atoms with van der Waals surface area (Å²) in [6.45, 7) is 0.199. The Bertz CT molecular complexity index is 1330. The number of piperidine rings is 1. The van der Waals surface area contributed by atoms with Crippen LogP contribution in [-0.4, -0.2) is 59.3 Å². The quantitative estimate of drug-likeness (QED) is 0.405. The van der Waals surface area contributed by atoms with Crippen molar-refractivity contribution >= 4 is 33.7 Å². The topological polar surface area (TPSA) is 148 Å². The molecule has 1 saturated carbocycles. The fraction of sp³-hybridized carbons (Fsp3) is 0.435. The molecule has 2 aliphatic heterocycles. The Balaban J connectivity index is 1.21. The highest BCUT2D eigenvalue weighted by Gasteiger charge is 2.44. The van der Waals surface area contributed by atoms with Crippen LogP contribution in [0.25, 0.3) is 0 Å². The second kappa shape index (κ2) is 9.00. The molecular weight excluding hydrogens is 474 g/mol. The minimum Gasteiger partial charge on any atom is -0.295 e. The van der Waals surface area contributed by atoms with E-state index in [1.54, 1.807) is 22.9 Å². The van der Waals surface area contributed by atoms with Gasteiger partial charge in [-0.1, -0.05) is 6.07 Å². The zero-order valence-corrected chi connectivity index (χ0v) is 19.7. The van der Waals surface area contributed by atoms with Gasteiger partial charge >= 0.3 is 0 Å². The number of imide groups is 2. The van der Waals surface area contributed by atoms with Gasteiger partial charge in [-0.25, -0.2) is 17.8 Å². The van der Waals surface area contributed by atoms with Gasteiger partial charge in [0.2, 0.25) is 11.8 Å². The van der Waals surface area contributed by atoms with Crippen LogP contribution in [0.3, 0.4) is 0 Å². The number of carbonyl (C=O) groups is 4. The van der Waals surface area contributed by atoms with Gasteiger partial charge in [-0.2, -0.15) is 5.10 Å². The van der Waals surface area contributed by atoms with Gasteiger partial charge < -0.3 is 0 Å². The SMILES string of the molecule is O=C1CCC(N2C(=O)c3ccc(CCCNS(=O)(=O)c4ccnn4C4CCC4)cc3C2=O)C(=O)N1. The van der Waals surface area contributed by atoms with E-state index in [1.807, 2.05) is 0 Å². The molecule has 0 spiro atoms. The second-order valence-electron chi connectivity index (χ2n) is 9.03. The molecule has 3 heterocycles. The predicted octanol–water partition coefficient (Wildman–Crippen LogP) is 0.920. The Morgan fingerprint density at radius 2 is 1.80 bits per heavy atom. The number of carbonyl (C=O) groups excluding carboxylic acids is 4. The standard InChI is InChI=1S/C23H25N5O6S/c29-19-9-8-18(21(30)26-19)27-22(31)16-7-6-14(13-17(16)23(27)32)3-2-11-25-35(33,34)20-10-12-24-28(20)15-4-1-5-15/h6-7,10,12-13,15,18,25H,1-5,8-9,11H2,(H,26,29,30). The monoisotopic (exact) mass is 499 g/mol. The minimum atomic E-state index is -3.69. The first-order valence-corrected chi connectivity index (χ1v) is 13.1. The molecule has 1 aromatic heterocycles. The normalized spacial score (nSPS) is 20.7. The fourth-order valence-corrected chi connectivity index (χ4v) is 5.91. The third kappa shape index (κ3) is 4.27. The summed E-state index contributed by atoms with van der Waals surface area (Å²) in [5.74, 6) is -2.19. The summed E-state index contributed by atoms with van der Waals surface area (Å²) >= 11 is 0. The first kappa shape index (κ1) is 23.4. The summed E-state index contributed by atoms with van der Waals surface area (Å²) in [5, 5.41) is 6.50. The summed E-state index contributed by atoms with van der Waals surface area (Å²) in [7, 11) is -3.69. The third-order valence-electron chi connectivity index (χ3n) is 6.77. The maximum atomic E-state index is 12.9. The minimum absolute atomic E-state index is 0.0619. The van der Waals surface area contributed by atoms with Crippen molar-refractivity contribution in [2.75, 3.05) is 6.54 Å². The van der Waals surface area contributed by atoms with E-state index < -0.39 is 39.7 Å². The molecule has 184 valence electrons. The van der Waals surface area contributed by atoms with Gasteiger partial charge in [0.15, 0.2) is 5.03 Å². The zero-order valence-electron chi connectivity index (χ0n) is 18.9. The Morgan fingerprint density at radius 1 is 1.03 bits per heavy atom. The highest BCUT2D eigenvalue weighted by molar-refractivity contribution is 7.89. The lowest BCUT2D eigenvalue weighted by Gasteiger charge is -2.27. The molecule has 1 atom stereocenters. The van der Waals surface area contributed by atoms with Crippen LogP contribution in [0.1, 0.15) is 70.8 Å². The lowest BCUT2D eigenvalue weighted by atomic mass is 9.93. The average molecular weight is 500 g/mol. The smallest absolute Gasteiger partial charge is 0.262 e. The maximum Gasteiger partial charge on any atom is 0.262 e. The van der Waals surface area contributed by atoms with Crippen LogP contribution in [0.4, 0.5) is 0 Å². The van der Waals surface area contributed by atoms with Crippen LogP contribution >= 0.6 is 0 Å². The average Bonchev–Trinajstić information content (AvgIpc) is 3.35. The lowest BCUT2D eigenvalue weighted by molar-refractivity contribution is -0.136. The van der Waals surface area contributed by atoms with Crippen LogP contribution in [0.15, 0.2) is 35.5 Å². The van der Waals surface area contributed by atoms with E-state index >= 15 is 0 Å². The number of sulfonamides is 1. The molecule has 1 aliphatic carbocycles. The molecule has 2 N–H and O–H groups in total. The Hall–Kier alpha value is -3.38. The van der Waals surface area contributed by atoms with Crippen molar-refractivity contribution in [3.05, 3.63) is 47.2 Å². The summed E-state index contributed by atoms with van der Waals surface area (Å²) < 4.78 is 29.6. The number of hydrogen-bond donors (Lipinski definition) is 2. The van der Waals surface area contributed by atoms with Crippen molar-refractivity contribution < 1.29 is 27.6 Å². The molecule has 2 fully saturated rings. The summed E-state index contributed by atoms with van der Waals surface area (Å²) in [4.78, 5) is 50.2. The van der Waals surface area contributed by atoms with Crippen molar-refractivity contribution in [1.29, 1.82) is 0 Å². The molecular formula is C23H25N5O6S. The van der Waals surface area contributed by atoms with E-state index in [0.29, 0.717) is 12.8 Å². The summed E-state index contributed by atoms with van der Waals surface area (Å²) in [6.07, 6.45) is 5.53. The Labute approximate surface area is 201 Å². The number of amides is 4. The number of fused-ring (bicyclic) bond motifs is 1. The van der Waals surface area contributed by atoms with Crippen LogP contribution in [-0.2, 0) is 26.0 Å². The first-order chi connectivity index (χ1) is 16.8. The molecule has 1 saturated heterocycles. The van der Waals surface area contributed by atoms with Crippen molar-refractivity contribution in [3.8, 4) is 0 Å². The summed E-state index contributed by atoms with van der Waals surface area (Å²) in [5.41, 5.74) is 1.20. The van der Waals surface area contributed by atoms with Crippen molar-refractivity contribution in [2.45, 2.75) is 62.1 Å². The highest BCUT2D eigenvalue weighted by atomic mass is 32.2. The van der Waals surface area contributed by atoms with Gasteiger partial charge in [0.25, 0.3) is 21.8 Å². The third-order valence-corrected chi connectivity index (χ3v) is 8.23. The van der Waals surface area contributed by atoms with Gasteiger partial charge in [0.05, 0.1) is 23.4 Å². The maximum absolute atomic E-state index is 12.9. The van der Waals surface area contributed by atoms with Gasteiger partial charge in [0.1, 0.15) is 6.04 Å². The molecule has 1 aromatic carbocycles. The van der Waals surface area contributed by atoms with E-state index in [9.17, 15) is 27.6 Å². The molecule has 11 nitrogen and oxygen atoms in total. The molecule has 2 aromatic rings. The summed E-state index contributed by atoms with van der Waals surface area (Å²) in [6, 6.07) is 5.50. The van der Waals surface area contributed by atoms with Gasteiger partial charge in [0, 0.05) is 13.0 Å². The van der Waals surface area contributed by atoms with E-state index in [0.717, 1.165) is 29.7 Å². The molecule has 12 heteroatoms. The first-order valence-electron chi connectivity index (χ1n) is 11.6. The highest BCUT2D eigenvalue weighted by Crippen LogP contribution is 2.33. The second-order valence-corrected chi connectivity index (χ2v) is 10.7. The van der Waals surface area contributed by atoms with E-state index in [1.165, 1.54) is 12.3 Å². The van der Waals surface area contributed by atoms with Gasteiger partial charge in [-0.05, 0) is 62.3 Å². The number of aryl methyl sites for hydroxylation is 1. The predicted molar refractivity (Wildman–Crippen MR) is 122 cm³/mol. The zero-order chi connectivity index (χ0) is 24.7. The fourth-order valence-electron chi connectivity index (χ4n) is 4.67. The Kier molecular flexibility index (Phi) is 6.01. The van der Waals surface area contributed by atoms with E-state index in [2.05, 4.69) is 15.1 Å². The van der Waals surface area contributed by atoms with Gasteiger partial charge in [-0.15, -0.1) is 0 Å². The largest absolute Gasteiger partial charge is 0.295 e. The molecule has 5 rings (SSSR count). The van der Waals surface area contributed by atoms with E-state index in [4.69, 9.17) is 0 Å². The van der Waals surface area contributed by atoms with Crippen molar-refractivity contribution in [1.82, 2.24) is 24.7 Å². The van der Waals surface area contributed by atoms with Crippen molar-refractivity contribution in [2.24, 2.45) is 0 Å². The lowest BCUT2D eigenvalue weighted by Crippen LogP contribution is -2.54. The molecule has 4 amide bonds. The number of nitrogens with zero attached hydrogens (tertiary/aromatic N) is 3. The molecule has 0 radical (unpaired) electrons. The van der Waals surface area contributed by atoms with Crippen LogP contribution in [0, 0.1) is 0 Å². The number of hydrogen-bond acceptors (Lipinski definition) is 7.